The lowest BCUT2D eigenvalue weighted by Gasteiger charge is -2.22. The van der Waals surface area contributed by atoms with Gasteiger partial charge in [0.1, 0.15) is 30.3 Å². The second-order valence-corrected chi connectivity index (χ2v) is 12.2. The van der Waals surface area contributed by atoms with E-state index in [-0.39, 0.29) is 42.3 Å². The Morgan fingerprint density at radius 2 is 1.53 bits per heavy atom. The van der Waals surface area contributed by atoms with Crippen LogP contribution in [0.2, 0.25) is 0 Å². The summed E-state index contributed by atoms with van der Waals surface area (Å²) in [5, 5.41) is 6.76. The third kappa shape index (κ3) is 8.09. The highest BCUT2D eigenvalue weighted by Crippen LogP contribution is 2.36. The second kappa shape index (κ2) is 14.9. The molecule has 238 valence electrons. The first kappa shape index (κ1) is 33.2. The van der Waals surface area contributed by atoms with Gasteiger partial charge in [-0.05, 0) is 65.1 Å². The van der Waals surface area contributed by atoms with Crippen molar-refractivity contribution in [2.45, 2.75) is 73.3 Å². The number of anilines is 2. The van der Waals surface area contributed by atoms with Crippen molar-refractivity contribution in [1.29, 1.82) is 0 Å². The zero-order valence-corrected chi connectivity index (χ0v) is 27.3. The van der Waals surface area contributed by atoms with Crippen LogP contribution in [0.25, 0.3) is 22.2 Å². The Morgan fingerprint density at radius 1 is 0.867 bits per heavy atom. The van der Waals surface area contributed by atoms with Gasteiger partial charge in [-0.1, -0.05) is 71.9 Å². The van der Waals surface area contributed by atoms with Crippen molar-refractivity contribution in [3.05, 3.63) is 82.3 Å². The average Bonchev–Trinajstić information content (AvgIpc) is 2.99. The number of nitrogens with zero attached hydrogens (tertiary/aromatic N) is 2. The summed E-state index contributed by atoms with van der Waals surface area (Å²) in [6, 6.07) is 16.6. The van der Waals surface area contributed by atoms with Gasteiger partial charge < -0.3 is 20.1 Å². The van der Waals surface area contributed by atoms with Crippen LogP contribution < -0.4 is 20.9 Å². The number of hydrogen-bond donors (Lipinski definition) is 2. The van der Waals surface area contributed by atoms with E-state index in [2.05, 4.69) is 57.2 Å². The molecule has 0 saturated heterocycles. The minimum absolute atomic E-state index is 0.113. The molecule has 0 unspecified atom stereocenters. The van der Waals surface area contributed by atoms with Gasteiger partial charge in [-0.15, -0.1) is 0 Å². The Balaban J connectivity index is 1.84. The number of esters is 1. The Bertz CT molecular complexity index is 1700. The van der Waals surface area contributed by atoms with E-state index >= 15 is 0 Å². The maximum Gasteiger partial charge on any atom is 0.323 e. The zero-order chi connectivity index (χ0) is 32.7. The lowest BCUT2D eigenvalue weighted by molar-refractivity contribution is -0.141. The van der Waals surface area contributed by atoms with Gasteiger partial charge in [0.05, 0.1) is 0 Å². The maximum atomic E-state index is 14.3. The molecule has 9 nitrogen and oxygen atoms in total. The fourth-order valence-corrected chi connectivity index (χ4v) is 5.33. The Morgan fingerprint density at radius 3 is 2.18 bits per heavy atom. The van der Waals surface area contributed by atoms with Gasteiger partial charge in [-0.25, -0.2) is 9.78 Å². The quantitative estimate of drug-likeness (QED) is 0.124. The summed E-state index contributed by atoms with van der Waals surface area (Å²) in [4.78, 5) is 43.9. The predicted molar refractivity (Wildman–Crippen MR) is 180 cm³/mol. The Kier molecular flexibility index (Phi) is 11.0. The van der Waals surface area contributed by atoms with E-state index in [1.54, 1.807) is 22.9 Å². The molecule has 4 aromatic rings. The maximum absolute atomic E-state index is 14.3. The Labute approximate surface area is 265 Å². The smallest absolute Gasteiger partial charge is 0.323 e. The molecule has 2 aromatic heterocycles. The van der Waals surface area contributed by atoms with E-state index in [9.17, 15) is 14.4 Å². The Hall–Kier alpha value is -4.66. The highest BCUT2D eigenvalue weighted by atomic mass is 16.6. The first-order valence-corrected chi connectivity index (χ1v) is 15.6. The van der Waals surface area contributed by atoms with Gasteiger partial charge in [0.15, 0.2) is 0 Å². The summed E-state index contributed by atoms with van der Waals surface area (Å²) in [6.07, 6.45) is 2.43. The van der Waals surface area contributed by atoms with Crippen LogP contribution in [0.5, 0.6) is 5.75 Å². The van der Waals surface area contributed by atoms with Crippen molar-refractivity contribution < 1.29 is 19.1 Å². The lowest BCUT2D eigenvalue weighted by atomic mass is 9.93. The summed E-state index contributed by atoms with van der Waals surface area (Å²) in [6.45, 7) is 14.6. The molecule has 0 aliphatic carbocycles. The zero-order valence-electron chi connectivity index (χ0n) is 27.3. The molecule has 2 N–H and O–H groups in total. The van der Waals surface area contributed by atoms with Crippen molar-refractivity contribution in [1.82, 2.24) is 9.55 Å². The summed E-state index contributed by atoms with van der Waals surface area (Å²) in [7, 11) is 0. The highest BCUT2D eigenvalue weighted by molar-refractivity contribution is 6.07. The number of pyridine rings is 2. The van der Waals surface area contributed by atoms with Crippen LogP contribution in [0.4, 0.5) is 16.2 Å². The molecule has 2 heterocycles. The third-order valence-electron chi connectivity index (χ3n) is 7.58. The van der Waals surface area contributed by atoms with Crippen LogP contribution in [-0.4, -0.2) is 34.8 Å². The number of para-hydroxylation sites is 1. The van der Waals surface area contributed by atoms with Gasteiger partial charge in [-0.2, -0.15) is 0 Å². The largest absolute Gasteiger partial charge is 0.490 e. The van der Waals surface area contributed by atoms with Crippen LogP contribution in [0, 0.1) is 5.92 Å². The normalized spacial score (nSPS) is 11.3. The average molecular weight is 613 g/mol. The molecule has 0 aliphatic rings. The minimum Gasteiger partial charge on any atom is -0.490 e. The second-order valence-electron chi connectivity index (χ2n) is 12.2. The van der Waals surface area contributed by atoms with Crippen molar-refractivity contribution in [2.24, 2.45) is 5.92 Å². The first-order valence-electron chi connectivity index (χ1n) is 15.6. The first-order chi connectivity index (χ1) is 21.5. The van der Waals surface area contributed by atoms with Gasteiger partial charge in [0.2, 0.25) is 0 Å². The number of benzene rings is 2. The third-order valence-corrected chi connectivity index (χ3v) is 7.58. The van der Waals surface area contributed by atoms with E-state index in [1.807, 2.05) is 42.5 Å². The van der Waals surface area contributed by atoms with E-state index in [0.29, 0.717) is 35.0 Å². The van der Waals surface area contributed by atoms with Crippen LogP contribution >= 0.6 is 0 Å². The minimum atomic E-state index is -0.504. The van der Waals surface area contributed by atoms with E-state index in [0.717, 1.165) is 28.6 Å². The number of aromatic nitrogens is 2. The number of aryl methyl sites for hydroxylation is 1. The molecule has 0 saturated carbocycles. The summed E-state index contributed by atoms with van der Waals surface area (Å²) >= 11 is 0. The van der Waals surface area contributed by atoms with Crippen LogP contribution in [0.15, 0.2) is 65.6 Å². The molecule has 0 fully saturated rings. The topological polar surface area (TPSA) is 112 Å². The molecule has 0 radical (unpaired) electrons. The van der Waals surface area contributed by atoms with Crippen LogP contribution in [0.3, 0.4) is 0 Å². The molecule has 0 aliphatic heterocycles. The molecular formula is C36H44N4O5. The highest BCUT2D eigenvalue weighted by Gasteiger charge is 2.23. The SMILES string of the molecule is CC(=O)OCCOc1cccc(-c2c(NC(=O)Nc3c(C(C)C)cccc3C(C)C)c(=O)n(CCC(C)C)c3ncccc23)c1. The predicted octanol–water partition coefficient (Wildman–Crippen LogP) is 7.94. The number of rotatable bonds is 12. The van der Waals surface area contributed by atoms with Gasteiger partial charge in [0.25, 0.3) is 5.56 Å². The number of hydrogen-bond acceptors (Lipinski definition) is 6. The standard InChI is InChI=1S/C36H44N4O5/c1-22(2)16-18-40-34-30(15-10-17-37-34)31(26-11-8-12-27(21-26)45-20-19-44-25(7)41)33(35(40)42)39-36(43)38-32-28(23(3)4)13-9-14-29(32)24(5)6/h8-15,17,21-24H,16,18-20H2,1-7H3,(H2,38,39,43). The number of carbonyl (C=O) groups excluding carboxylic acids is 2. The summed E-state index contributed by atoms with van der Waals surface area (Å²) in [5.74, 6) is 0.868. The molecule has 0 bridgehead atoms. The van der Waals surface area contributed by atoms with Gasteiger partial charge in [-0.3, -0.25) is 14.2 Å². The van der Waals surface area contributed by atoms with Crippen LogP contribution in [-0.2, 0) is 16.1 Å². The molecule has 2 aromatic carbocycles. The molecule has 2 amide bonds. The number of urea groups is 1. The van der Waals surface area contributed by atoms with Crippen molar-refractivity contribution in [2.75, 3.05) is 23.8 Å². The fourth-order valence-electron chi connectivity index (χ4n) is 5.33. The summed E-state index contributed by atoms with van der Waals surface area (Å²) < 4.78 is 12.5. The lowest BCUT2D eigenvalue weighted by Crippen LogP contribution is -2.30. The van der Waals surface area contributed by atoms with Gasteiger partial charge in [0, 0.05) is 36.3 Å². The monoisotopic (exact) mass is 612 g/mol. The molecule has 45 heavy (non-hydrogen) atoms. The molecule has 0 spiro atoms. The van der Waals surface area contributed by atoms with Crippen molar-refractivity contribution in [3.8, 4) is 16.9 Å². The fraction of sp³-hybridized carbons (Fsp3) is 0.389. The molecular weight excluding hydrogens is 568 g/mol. The van der Waals surface area contributed by atoms with E-state index < -0.39 is 6.03 Å². The van der Waals surface area contributed by atoms with Crippen LogP contribution in [0.1, 0.15) is 77.8 Å². The molecule has 0 atom stereocenters. The molecule has 4 rings (SSSR count). The summed E-state index contributed by atoms with van der Waals surface area (Å²) in [5.41, 5.74) is 4.37. The van der Waals surface area contributed by atoms with Gasteiger partial charge >= 0.3 is 12.0 Å². The number of amides is 2. The number of ether oxygens (including phenoxy) is 2. The number of fused-ring (bicyclic) bond motifs is 1. The number of nitrogens with one attached hydrogen (secondary N) is 2. The van der Waals surface area contributed by atoms with E-state index in [4.69, 9.17) is 9.47 Å². The number of carbonyl (C=O) groups is 2. The van der Waals surface area contributed by atoms with Crippen molar-refractivity contribution >= 4 is 34.4 Å². The van der Waals surface area contributed by atoms with E-state index in [1.165, 1.54) is 6.92 Å². The molecule has 9 heteroatoms. The van der Waals surface area contributed by atoms with Crippen molar-refractivity contribution in [3.63, 3.8) is 0 Å².